The molecule has 6 heavy (non-hydrogen) atoms. The van der Waals surface area contributed by atoms with Crippen molar-refractivity contribution in [2.75, 3.05) is 0 Å². The molecule has 0 unspecified atom stereocenters. The summed E-state index contributed by atoms with van der Waals surface area (Å²) in [7, 11) is 4.24. The monoisotopic (exact) mass is 72.0 g/mol. The van der Waals surface area contributed by atoms with Crippen LogP contribution in [0.1, 0.15) is 0 Å². The molecule has 2 aliphatic heterocycles. The van der Waals surface area contributed by atoms with Crippen LogP contribution in [0.3, 0.4) is 0 Å². The van der Waals surface area contributed by atoms with Crippen molar-refractivity contribution in [1.82, 2.24) is 0 Å². The van der Waals surface area contributed by atoms with E-state index in [0.29, 0.717) is 0 Å². The molecule has 0 aliphatic carbocycles. The van der Waals surface area contributed by atoms with E-state index in [2.05, 4.69) is 26.5 Å². The van der Waals surface area contributed by atoms with E-state index < -0.39 is 0 Å². The second kappa shape index (κ2) is 0.650. The van der Waals surface area contributed by atoms with E-state index in [0.717, 1.165) is 0 Å². The highest BCUT2D eigenvalue weighted by molar-refractivity contribution is 6.77. The first-order valence-corrected chi connectivity index (χ1v) is 2.07. The van der Waals surface area contributed by atoms with Gasteiger partial charge in [-0.3, -0.25) is 0 Å². The number of rotatable bonds is 1. The van der Waals surface area contributed by atoms with Crippen LogP contribution in [0.25, 0.3) is 0 Å². The smallest absolute Gasteiger partial charge is 0.123 e. The molecule has 2 rings (SSSR count). The van der Waals surface area contributed by atoms with E-state index in [-0.39, 0.29) is 0 Å². The summed E-state index contributed by atoms with van der Waals surface area (Å²) in [6.45, 7) is 0. The lowest BCUT2D eigenvalue weighted by Gasteiger charge is -1.67. The Hall–Kier alpha value is -0.390. The molecule has 0 aromatic heterocycles. The van der Waals surface area contributed by atoms with Crippen LogP contribution in [0.4, 0.5) is 0 Å². The minimum absolute atomic E-state index is 1.43. The van der Waals surface area contributed by atoms with Crippen molar-refractivity contribution in [3.8, 4) is 0 Å². The zero-order valence-corrected chi connectivity index (χ0v) is 3.31. The molecule has 2 aliphatic rings. The van der Waals surface area contributed by atoms with Gasteiger partial charge in [-0.05, 0) is 0 Å². The predicted octanol–water partition coefficient (Wildman–Crippen LogP) is 0.105. The molecule has 2 heterocycles. The van der Waals surface area contributed by atoms with Gasteiger partial charge in [-0.15, -0.1) is 22.9 Å². The van der Waals surface area contributed by atoms with Gasteiger partial charge in [-0.1, -0.05) is 0 Å². The van der Waals surface area contributed by atoms with Crippen LogP contribution in [-0.4, -0.2) is 14.6 Å². The molecule has 0 fully saturated rings. The molecule has 0 aromatic rings. The largest absolute Gasteiger partial charge is 0.178 e. The Morgan fingerprint density at radius 3 is 1.50 bits per heavy atom. The molecule has 0 saturated heterocycles. The molecule has 0 aromatic carbocycles. The van der Waals surface area contributed by atoms with Crippen molar-refractivity contribution < 1.29 is 0 Å². The molecule has 0 amide bonds. The Labute approximate surface area is 38.4 Å². The highest BCUT2D eigenvalue weighted by Crippen LogP contribution is 2.24. The molecule has 0 atom stereocenters. The highest BCUT2D eigenvalue weighted by Gasteiger charge is 2.19. The van der Waals surface area contributed by atoms with E-state index in [1.54, 1.807) is 0 Å². The van der Waals surface area contributed by atoms with Gasteiger partial charge in [0.15, 0.2) is 14.6 Å². The average molecular weight is 71.7 g/mol. The molecule has 0 N–H and O–H groups in total. The lowest BCUT2D eigenvalue weighted by molar-refractivity contribution is 2.08. The Kier molecular flexibility index (Phi) is 0.296. The first-order valence-electron chi connectivity index (χ1n) is 2.07. The topological polar surface area (TPSA) is 0 Å². The van der Waals surface area contributed by atoms with Crippen molar-refractivity contribution in [1.29, 1.82) is 0 Å². The van der Waals surface area contributed by atoms with Gasteiger partial charge in [0, 0.05) is 0 Å². The van der Waals surface area contributed by atoms with Gasteiger partial charge in [-0.2, -0.15) is 0 Å². The predicted molar refractivity (Wildman–Crippen MR) is 27.7 cm³/mol. The summed E-state index contributed by atoms with van der Waals surface area (Å²) in [5.74, 6) is 4.24. The summed E-state index contributed by atoms with van der Waals surface area (Å²) in [5.41, 5.74) is 2.85. The van der Waals surface area contributed by atoms with Gasteiger partial charge < -0.3 is 0 Å². The number of hydrogen-bond donors (Lipinski definition) is 0. The van der Waals surface area contributed by atoms with Crippen LogP contribution < -0.4 is 0 Å². The summed E-state index contributed by atoms with van der Waals surface area (Å²) in [4.78, 5) is 0. The fraction of sp³-hybridized carbons (Fsp3) is 0. The third-order valence-corrected chi connectivity index (χ3v) is 1.00. The third-order valence-electron chi connectivity index (χ3n) is 1.00. The van der Waals surface area contributed by atoms with Crippen molar-refractivity contribution >= 4 is 14.6 Å². The molecule has 24 valence electrons. The fourth-order valence-electron chi connectivity index (χ4n) is 0.468. The first kappa shape index (κ1) is 2.73. The molecule has 2 heteroatoms. The van der Waals surface area contributed by atoms with Crippen molar-refractivity contribution in [3.63, 3.8) is 0 Å². The van der Waals surface area contributed by atoms with Gasteiger partial charge in [0.25, 0.3) is 0 Å². The summed E-state index contributed by atoms with van der Waals surface area (Å²) < 4.78 is 0. The number of hydrogen-bond acceptors (Lipinski definition) is 0. The fourth-order valence-corrected chi connectivity index (χ4v) is 0.468. The lowest BCUT2D eigenvalue weighted by atomic mass is 9.86. The van der Waals surface area contributed by atoms with E-state index in [4.69, 9.17) is 0 Å². The Morgan fingerprint density at radius 2 is 1.33 bits per heavy atom. The van der Waals surface area contributed by atoms with Gasteiger partial charge >= 0.3 is 0 Å². The first-order chi connectivity index (χ1) is 2.97. The summed E-state index contributed by atoms with van der Waals surface area (Å²) in [6, 6.07) is 0. The summed E-state index contributed by atoms with van der Waals surface area (Å²) in [6.07, 6.45) is 0. The second-order valence-electron chi connectivity index (χ2n) is 1.58. The minimum Gasteiger partial charge on any atom is -0.123 e. The van der Waals surface area contributed by atoms with Gasteiger partial charge in [0.05, 0.1) is 0 Å². The molecular weight excluding hydrogens is 69.7 g/mol. The maximum atomic E-state index is 2.12. The van der Waals surface area contributed by atoms with Crippen LogP contribution in [0, 0.1) is 0 Å². The molecular formula is C4H2B2. The SMILES string of the molecule is [B]1C=C1C1=C[B]1. The van der Waals surface area contributed by atoms with Gasteiger partial charge in [0.2, 0.25) is 0 Å². The van der Waals surface area contributed by atoms with Crippen LogP contribution in [0.5, 0.6) is 0 Å². The maximum absolute atomic E-state index is 2.12. The van der Waals surface area contributed by atoms with Gasteiger partial charge in [0.1, 0.15) is 0 Å². The van der Waals surface area contributed by atoms with Crippen molar-refractivity contribution in [2.45, 2.75) is 0 Å². The molecule has 0 saturated carbocycles. The van der Waals surface area contributed by atoms with Gasteiger partial charge in [-0.25, -0.2) is 0 Å². The standard InChI is InChI=1S/C4H2B2/c1-3(5-1)4-2-6-4/h1-2H. The average Bonchev–Trinajstić information content (AvgIpc) is 2.26. The van der Waals surface area contributed by atoms with E-state index in [1.807, 2.05) is 0 Å². The normalized spacial score (nSPS) is 22.7. The second-order valence-corrected chi connectivity index (χ2v) is 1.58. The van der Waals surface area contributed by atoms with E-state index in [1.165, 1.54) is 10.9 Å². The van der Waals surface area contributed by atoms with Crippen LogP contribution in [0.15, 0.2) is 22.9 Å². The maximum Gasteiger partial charge on any atom is 0.178 e. The van der Waals surface area contributed by atoms with Crippen LogP contribution >= 0.6 is 0 Å². The van der Waals surface area contributed by atoms with Crippen molar-refractivity contribution in [3.05, 3.63) is 22.9 Å². The Morgan fingerprint density at radius 1 is 1.00 bits per heavy atom. The Balaban J connectivity index is 2.26. The summed E-state index contributed by atoms with van der Waals surface area (Å²) >= 11 is 0. The van der Waals surface area contributed by atoms with Crippen molar-refractivity contribution in [2.24, 2.45) is 0 Å². The quantitative estimate of drug-likeness (QED) is 0.385. The number of allylic oxidation sites excluding steroid dienone is 2. The van der Waals surface area contributed by atoms with Crippen LogP contribution in [0.2, 0.25) is 0 Å². The van der Waals surface area contributed by atoms with E-state index >= 15 is 0 Å². The molecule has 0 spiro atoms. The van der Waals surface area contributed by atoms with E-state index in [9.17, 15) is 0 Å². The highest BCUT2D eigenvalue weighted by atomic mass is 14.0. The molecule has 0 nitrogen and oxygen atoms in total. The zero-order valence-electron chi connectivity index (χ0n) is 3.31. The molecule has 0 bridgehead atoms. The minimum atomic E-state index is 1.43. The Bertz CT molecular complexity index is 126. The lowest BCUT2D eigenvalue weighted by Crippen LogP contribution is -1.64. The van der Waals surface area contributed by atoms with Crippen LogP contribution in [-0.2, 0) is 0 Å². The summed E-state index contributed by atoms with van der Waals surface area (Å²) in [5, 5.41) is 0. The third kappa shape index (κ3) is 0.266. The zero-order chi connectivity index (χ0) is 3.98. The molecule has 2 radical (unpaired) electrons.